The lowest BCUT2D eigenvalue weighted by molar-refractivity contribution is -0.389. The van der Waals surface area contributed by atoms with Gasteiger partial charge in [0.15, 0.2) is 0 Å². The second-order valence-electron chi connectivity index (χ2n) is 3.06. The van der Waals surface area contributed by atoms with Gasteiger partial charge in [0.1, 0.15) is 6.20 Å². The molecule has 0 spiro atoms. The van der Waals surface area contributed by atoms with Crippen LogP contribution in [0, 0.1) is 10.1 Å². The Kier molecular flexibility index (Phi) is 3.21. The van der Waals surface area contributed by atoms with Crippen LogP contribution >= 0.6 is 11.6 Å². The molecule has 1 aromatic heterocycles. The summed E-state index contributed by atoms with van der Waals surface area (Å²) in [7, 11) is 0. The quantitative estimate of drug-likeness (QED) is 0.442. The Hall–Kier alpha value is -1.69. The van der Waals surface area contributed by atoms with Crippen molar-refractivity contribution in [3.63, 3.8) is 0 Å². The Morgan fingerprint density at radius 2 is 2.27 bits per heavy atom. The predicted molar refractivity (Wildman–Crippen MR) is 53.9 cm³/mol. The molecule has 15 heavy (non-hydrogen) atoms. The first-order valence-electron chi connectivity index (χ1n) is 4.00. The second-order valence-corrected chi connectivity index (χ2v) is 3.39. The highest BCUT2D eigenvalue weighted by Gasteiger charge is 2.19. The lowest BCUT2D eigenvalue weighted by atomic mass is 10.3. The van der Waals surface area contributed by atoms with Gasteiger partial charge in [0.05, 0.1) is 0 Å². The van der Waals surface area contributed by atoms with Crippen LogP contribution in [0.25, 0.3) is 0 Å². The van der Waals surface area contributed by atoms with Crippen molar-refractivity contribution in [3.05, 3.63) is 33.2 Å². The molecule has 0 N–H and O–H groups in total. The Labute approximate surface area is 90.3 Å². The molecular formula is C8H8ClN3O3. The molecule has 7 heteroatoms. The summed E-state index contributed by atoms with van der Waals surface area (Å²) < 4.78 is 0.923. The van der Waals surface area contributed by atoms with Gasteiger partial charge in [-0.25, -0.2) is 4.57 Å². The van der Waals surface area contributed by atoms with Crippen molar-refractivity contribution >= 4 is 23.3 Å². The molecule has 0 fully saturated rings. The first-order valence-corrected chi connectivity index (χ1v) is 4.38. The highest BCUT2D eigenvalue weighted by molar-refractivity contribution is 6.29. The number of hydrogen-bond acceptors (Lipinski definition) is 4. The van der Waals surface area contributed by atoms with Crippen LogP contribution in [-0.4, -0.2) is 20.4 Å². The summed E-state index contributed by atoms with van der Waals surface area (Å²) in [5, 5.41) is 10.1. The number of carbonyl (C=O) groups is 1. The minimum absolute atomic E-state index is 0.218. The molecule has 1 rings (SSSR count). The molecule has 0 radical (unpaired) electrons. The van der Waals surface area contributed by atoms with Crippen LogP contribution in [0.3, 0.4) is 0 Å². The van der Waals surface area contributed by atoms with E-state index in [0.29, 0.717) is 0 Å². The number of aromatic nitrogens is 2. The highest BCUT2D eigenvalue weighted by Crippen LogP contribution is 2.15. The zero-order valence-corrected chi connectivity index (χ0v) is 8.85. The van der Waals surface area contributed by atoms with E-state index < -0.39 is 16.6 Å². The molecule has 0 unspecified atom stereocenters. The van der Waals surface area contributed by atoms with E-state index in [1.807, 2.05) is 0 Å². The Morgan fingerprint density at radius 3 is 2.67 bits per heavy atom. The molecule has 0 atom stereocenters. The van der Waals surface area contributed by atoms with Gasteiger partial charge in [0, 0.05) is 6.08 Å². The fraction of sp³-hybridized carbons (Fsp3) is 0.250. The van der Waals surface area contributed by atoms with E-state index in [9.17, 15) is 14.9 Å². The predicted octanol–water partition coefficient (Wildman–Crippen LogP) is 2.05. The molecule has 0 bridgehead atoms. The molecular weight excluding hydrogens is 222 g/mol. The van der Waals surface area contributed by atoms with Crippen molar-refractivity contribution in [2.75, 3.05) is 0 Å². The van der Waals surface area contributed by atoms with Crippen molar-refractivity contribution in [2.45, 2.75) is 13.8 Å². The van der Waals surface area contributed by atoms with Crippen molar-refractivity contribution in [1.29, 1.82) is 0 Å². The average molecular weight is 230 g/mol. The Balaban J connectivity index is 3.10. The molecule has 0 saturated carbocycles. The minimum atomic E-state index is -0.710. The van der Waals surface area contributed by atoms with Gasteiger partial charge in [-0.15, -0.1) is 0 Å². The molecule has 6 nitrogen and oxygen atoms in total. The maximum absolute atomic E-state index is 11.5. The first kappa shape index (κ1) is 11.4. The molecule has 80 valence electrons. The SMILES string of the molecule is CC(C)=CC(=O)n1cc([N+](=O)[O-])nc1Cl. The largest absolute Gasteiger partial charge is 0.383 e. The van der Waals surface area contributed by atoms with E-state index in [1.165, 1.54) is 6.08 Å². The van der Waals surface area contributed by atoms with Crippen LogP contribution in [-0.2, 0) is 0 Å². The fourth-order valence-corrected chi connectivity index (χ4v) is 1.12. The number of carbonyl (C=O) groups excluding carboxylic acids is 1. The molecule has 0 aromatic carbocycles. The summed E-state index contributed by atoms with van der Waals surface area (Å²) in [4.78, 5) is 24.5. The summed E-state index contributed by atoms with van der Waals surface area (Å²) in [6.07, 6.45) is 2.31. The summed E-state index contributed by atoms with van der Waals surface area (Å²) >= 11 is 5.56. The average Bonchev–Trinajstić information content (AvgIpc) is 2.46. The number of allylic oxidation sites excluding steroid dienone is 2. The van der Waals surface area contributed by atoms with E-state index in [-0.39, 0.29) is 5.28 Å². The number of imidazole rings is 1. The molecule has 0 aliphatic carbocycles. The Bertz CT molecular complexity index is 446. The number of nitro groups is 1. The van der Waals surface area contributed by atoms with Gasteiger partial charge in [0.2, 0.25) is 0 Å². The van der Waals surface area contributed by atoms with Gasteiger partial charge >= 0.3 is 11.1 Å². The summed E-state index contributed by atoms with van der Waals surface area (Å²) in [6, 6.07) is 0. The molecule has 1 heterocycles. The standard InChI is InChI=1S/C8H8ClN3O3/c1-5(2)3-7(13)11-4-6(12(14)15)10-8(11)9/h3-4H,1-2H3. The van der Waals surface area contributed by atoms with Gasteiger partial charge in [-0.3, -0.25) is 4.79 Å². The lowest BCUT2D eigenvalue weighted by Crippen LogP contribution is -2.06. The van der Waals surface area contributed by atoms with Gasteiger partial charge < -0.3 is 10.1 Å². The van der Waals surface area contributed by atoms with Gasteiger partial charge in [-0.05, 0) is 35.4 Å². The van der Waals surface area contributed by atoms with Crippen LogP contribution in [0.4, 0.5) is 5.82 Å². The lowest BCUT2D eigenvalue weighted by Gasteiger charge is -1.94. The number of rotatable bonds is 2. The van der Waals surface area contributed by atoms with Gasteiger partial charge in [-0.1, -0.05) is 5.57 Å². The molecule has 0 amide bonds. The van der Waals surface area contributed by atoms with Crippen molar-refractivity contribution in [2.24, 2.45) is 0 Å². The summed E-state index contributed by atoms with van der Waals surface area (Å²) in [5.74, 6) is -0.906. The highest BCUT2D eigenvalue weighted by atomic mass is 35.5. The third kappa shape index (κ3) is 2.63. The summed E-state index contributed by atoms with van der Waals surface area (Å²) in [5.41, 5.74) is 0.771. The first-order chi connectivity index (χ1) is 6.91. The molecule has 0 aliphatic heterocycles. The third-order valence-electron chi connectivity index (χ3n) is 1.49. The molecule has 0 saturated heterocycles. The zero-order valence-electron chi connectivity index (χ0n) is 8.10. The second kappa shape index (κ2) is 4.22. The zero-order chi connectivity index (χ0) is 11.6. The number of nitrogens with zero attached hydrogens (tertiary/aromatic N) is 3. The van der Waals surface area contributed by atoms with Crippen LogP contribution in [0.2, 0.25) is 5.28 Å². The van der Waals surface area contributed by atoms with E-state index in [4.69, 9.17) is 11.6 Å². The number of halogens is 1. The van der Waals surface area contributed by atoms with Crippen LogP contribution in [0.15, 0.2) is 17.8 Å². The minimum Gasteiger partial charge on any atom is -0.358 e. The number of hydrogen-bond donors (Lipinski definition) is 0. The Morgan fingerprint density at radius 1 is 1.67 bits per heavy atom. The monoisotopic (exact) mass is 229 g/mol. The maximum atomic E-state index is 11.5. The van der Waals surface area contributed by atoms with Gasteiger partial charge in [-0.2, -0.15) is 0 Å². The molecule has 0 aliphatic rings. The fourth-order valence-electron chi connectivity index (χ4n) is 0.905. The van der Waals surface area contributed by atoms with E-state index in [2.05, 4.69) is 4.98 Å². The van der Waals surface area contributed by atoms with Crippen molar-refractivity contribution in [1.82, 2.24) is 9.55 Å². The van der Waals surface area contributed by atoms with Crippen molar-refractivity contribution < 1.29 is 9.72 Å². The van der Waals surface area contributed by atoms with Crippen LogP contribution < -0.4 is 0 Å². The molecule has 1 aromatic rings. The van der Waals surface area contributed by atoms with Crippen LogP contribution in [0.1, 0.15) is 18.6 Å². The smallest absolute Gasteiger partial charge is 0.358 e. The topological polar surface area (TPSA) is 78.0 Å². The maximum Gasteiger partial charge on any atom is 0.383 e. The van der Waals surface area contributed by atoms with E-state index >= 15 is 0 Å². The van der Waals surface area contributed by atoms with Gasteiger partial charge in [0.25, 0.3) is 5.91 Å². The normalized spacial score (nSPS) is 9.80. The van der Waals surface area contributed by atoms with E-state index in [0.717, 1.165) is 16.3 Å². The third-order valence-corrected chi connectivity index (χ3v) is 1.75. The summed E-state index contributed by atoms with van der Waals surface area (Å²) in [6.45, 7) is 3.47. The van der Waals surface area contributed by atoms with E-state index in [1.54, 1.807) is 13.8 Å². The van der Waals surface area contributed by atoms with Crippen LogP contribution in [0.5, 0.6) is 0 Å². The van der Waals surface area contributed by atoms with Crippen molar-refractivity contribution in [3.8, 4) is 0 Å².